The molecule has 2 nitrogen and oxygen atoms in total. The topological polar surface area (TPSA) is 17.0 Å². The Morgan fingerprint density at radius 1 is 1.28 bits per heavy atom. The molecule has 18 heavy (non-hydrogen) atoms. The molecule has 0 saturated carbocycles. The maximum Gasteiger partial charge on any atom is 0.0453 e. The lowest BCUT2D eigenvalue weighted by molar-refractivity contribution is 0.574. The first-order chi connectivity index (χ1) is 8.70. The fraction of sp³-hybridized carbons (Fsp3) is 0.333. The van der Waals surface area contributed by atoms with Gasteiger partial charge < -0.3 is 9.88 Å². The monoisotopic (exact) mass is 262 g/mol. The van der Waals surface area contributed by atoms with E-state index in [9.17, 15) is 0 Å². The standard InChI is InChI=1S/C15H19ClN2/c1-3-18-9-8-13(11-18)10-17-12(2)14-6-4-5-7-15(14)16/h4-9,11-12,17H,3,10H2,1-2H3/t12-/m0/s1. The van der Waals surface area contributed by atoms with Gasteiger partial charge in [-0.05, 0) is 37.1 Å². The highest BCUT2D eigenvalue weighted by Gasteiger charge is 2.08. The fourth-order valence-corrected chi connectivity index (χ4v) is 2.30. The van der Waals surface area contributed by atoms with Crippen molar-refractivity contribution in [1.82, 2.24) is 9.88 Å². The summed E-state index contributed by atoms with van der Waals surface area (Å²) in [6.07, 6.45) is 4.28. The number of rotatable bonds is 5. The molecule has 0 amide bonds. The lowest BCUT2D eigenvalue weighted by Crippen LogP contribution is -2.18. The molecule has 0 fully saturated rings. The zero-order valence-corrected chi connectivity index (χ0v) is 11.6. The molecule has 0 bridgehead atoms. The van der Waals surface area contributed by atoms with Crippen LogP contribution in [-0.4, -0.2) is 4.57 Å². The SMILES string of the molecule is CCn1ccc(CN[C@@H](C)c2ccccc2Cl)c1. The largest absolute Gasteiger partial charge is 0.354 e. The number of benzene rings is 1. The smallest absolute Gasteiger partial charge is 0.0453 e. The molecule has 1 atom stereocenters. The van der Waals surface area contributed by atoms with E-state index >= 15 is 0 Å². The average Bonchev–Trinajstić information content (AvgIpc) is 2.84. The van der Waals surface area contributed by atoms with Crippen molar-refractivity contribution in [1.29, 1.82) is 0 Å². The molecule has 0 aliphatic heterocycles. The Bertz CT molecular complexity index is 505. The van der Waals surface area contributed by atoms with Crippen molar-refractivity contribution in [2.24, 2.45) is 0 Å². The first kappa shape index (κ1) is 13.2. The molecule has 0 aliphatic carbocycles. The fourth-order valence-electron chi connectivity index (χ4n) is 2.00. The molecule has 0 radical (unpaired) electrons. The number of nitrogens with one attached hydrogen (secondary N) is 1. The van der Waals surface area contributed by atoms with Crippen molar-refractivity contribution < 1.29 is 0 Å². The Morgan fingerprint density at radius 3 is 2.72 bits per heavy atom. The molecular weight excluding hydrogens is 244 g/mol. The van der Waals surface area contributed by atoms with Crippen molar-refractivity contribution in [3.05, 3.63) is 58.9 Å². The van der Waals surface area contributed by atoms with Gasteiger partial charge in [-0.15, -0.1) is 0 Å². The lowest BCUT2D eigenvalue weighted by atomic mass is 10.1. The molecule has 1 aromatic carbocycles. The van der Waals surface area contributed by atoms with Crippen LogP contribution in [-0.2, 0) is 13.1 Å². The normalized spacial score (nSPS) is 12.6. The van der Waals surface area contributed by atoms with Gasteiger partial charge in [-0.2, -0.15) is 0 Å². The minimum absolute atomic E-state index is 0.253. The molecule has 0 unspecified atom stereocenters. The third-order valence-electron chi connectivity index (χ3n) is 3.16. The van der Waals surface area contributed by atoms with Crippen LogP contribution in [0.2, 0.25) is 5.02 Å². The highest BCUT2D eigenvalue weighted by molar-refractivity contribution is 6.31. The third-order valence-corrected chi connectivity index (χ3v) is 3.51. The molecule has 2 rings (SSSR count). The van der Waals surface area contributed by atoms with Gasteiger partial charge in [0.25, 0.3) is 0 Å². The maximum absolute atomic E-state index is 6.18. The number of nitrogens with zero attached hydrogens (tertiary/aromatic N) is 1. The Morgan fingerprint density at radius 2 is 2.06 bits per heavy atom. The Kier molecular flexibility index (Phi) is 4.45. The van der Waals surface area contributed by atoms with Crippen molar-refractivity contribution >= 4 is 11.6 Å². The number of halogens is 1. The van der Waals surface area contributed by atoms with E-state index in [1.165, 1.54) is 5.56 Å². The quantitative estimate of drug-likeness (QED) is 0.861. The predicted molar refractivity (Wildman–Crippen MR) is 76.8 cm³/mol. The molecule has 1 heterocycles. The summed E-state index contributed by atoms with van der Waals surface area (Å²) in [6, 6.07) is 10.4. The van der Waals surface area contributed by atoms with E-state index < -0.39 is 0 Å². The van der Waals surface area contributed by atoms with Crippen LogP contribution in [0.3, 0.4) is 0 Å². The molecule has 3 heteroatoms. The van der Waals surface area contributed by atoms with E-state index in [0.717, 1.165) is 23.7 Å². The van der Waals surface area contributed by atoms with Gasteiger partial charge in [0, 0.05) is 36.5 Å². The molecule has 1 N–H and O–H groups in total. The molecule has 0 saturated heterocycles. The highest BCUT2D eigenvalue weighted by Crippen LogP contribution is 2.22. The summed E-state index contributed by atoms with van der Waals surface area (Å²) in [5.41, 5.74) is 2.45. The molecular formula is C15H19ClN2. The third kappa shape index (κ3) is 3.15. The van der Waals surface area contributed by atoms with Gasteiger partial charge in [0.15, 0.2) is 0 Å². The van der Waals surface area contributed by atoms with Crippen LogP contribution in [0, 0.1) is 0 Å². The summed E-state index contributed by atoms with van der Waals surface area (Å²) >= 11 is 6.18. The van der Waals surface area contributed by atoms with Gasteiger partial charge in [-0.3, -0.25) is 0 Å². The summed E-state index contributed by atoms with van der Waals surface area (Å²) in [4.78, 5) is 0. The van der Waals surface area contributed by atoms with Crippen LogP contribution in [0.25, 0.3) is 0 Å². The van der Waals surface area contributed by atoms with Gasteiger partial charge in [0.1, 0.15) is 0 Å². The second-order valence-corrected chi connectivity index (χ2v) is 4.88. The average molecular weight is 263 g/mol. The number of hydrogen-bond donors (Lipinski definition) is 1. The molecule has 1 aromatic heterocycles. The molecule has 0 spiro atoms. The zero-order valence-electron chi connectivity index (χ0n) is 10.9. The first-order valence-corrected chi connectivity index (χ1v) is 6.71. The number of aryl methyl sites for hydroxylation is 1. The number of aromatic nitrogens is 1. The van der Waals surface area contributed by atoms with Crippen molar-refractivity contribution in [3.8, 4) is 0 Å². The van der Waals surface area contributed by atoms with E-state index in [2.05, 4.69) is 48.3 Å². The maximum atomic E-state index is 6.18. The van der Waals surface area contributed by atoms with Crippen molar-refractivity contribution in [2.75, 3.05) is 0 Å². The predicted octanol–water partition coefficient (Wildman–Crippen LogP) is 4.01. The van der Waals surface area contributed by atoms with Gasteiger partial charge in [-0.25, -0.2) is 0 Å². The minimum atomic E-state index is 0.253. The summed E-state index contributed by atoms with van der Waals surface area (Å²) in [5.74, 6) is 0. The summed E-state index contributed by atoms with van der Waals surface area (Å²) < 4.78 is 2.18. The van der Waals surface area contributed by atoms with Crippen LogP contribution in [0.5, 0.6) is 0 Å². The van der Waals surface area contributed by atoms with E-state index in [0.29, 0.717) is 0 Å². The zero-order chi connectivity index (χ0) is 13.0. The van der Waals surface area contributed by atoms with E-state index in [1.54, 1.807) is 0 Å². The van der Waals surface area contributed by atoms with E-state index in [-0.39, 0.29) is 6.04 Å². The molecule has 96 valence electrons. The summed E-state index contributed by atoms with van der Waals surface area (Å²) in [6.45, 7) is 6.15. The molecule has 2 aromatic rings. The lowest BCUT2D eigenvalue weighted by Gasteiger charge is -2.15. The van der Waals surface area contributed by atoms with E-state index in [4.69, 9.17) is 11.6 Å². The summed E-state index contributed by atoms with van der Waals surface area (Å²) in [5, 5.41) is 4.32. The Labute approximate surface area is 114 Å². The second-order valence-electron chi connectivity index (χ2n) is 4.47. The van der Waals surface area contributed by atoms with Crippen LogP contribution in [0.15, 0.2) is 42.7 Å². The second kappa shape index (κ2) is 6.07. The minimum Gasteiger partial charge on any atom is -0.354 e. The van der Waals surface area contributed by atoms with Gasteiger partial charge in [-0.1, -0.05) is 29.8 Å². The summed E-state index contributed by atoms with van der Waals surface area (Å²) in [7, 11) is 0. The van der Waals surface area contributed by atoms with Crippen LogP contribution in [0.4, 0.5) is 0 Å². The van der Waals surface area contributed by atoms with Gasteiger partial charge in [0.2, 0.25) is 0 Å². The van der Waals surface area contributed by atoms with Crippen LogP contribution < -0.4 is 5.32 Å². The molecule has 0 aliphatic rings. The number of hydrogen-bond acceptors (Lipinski definition) is 1. The van der Waals surface area contributed by atoms with Crippen molar-refractivity contribution in [3.63, 3.8) is 0 Å². The van der Waals surface area contributed by atoms with Crippen LogP contribution in [0.1, 0.15) is 31.0 Å². The Balaban J connectivity index is 1.96. The van der Waals surface area contributed by atoms with E-state index in [1.807, 2.05) is 18.2 Å². The van der Waals surface area contributed by atoms with Gasteiger partial charge in [0.05, 0.1) is 0 Å². The van der Waals surface area contributed by atoms with Crippen LogP contribution >= 0.6 is 11.6 Å². The van der Waals surface area contributed by atoms with Crippen molar-refractivity contribution in [2.45, 2.75) is 33.0 Å². The first-order valence-electron chi connectivity index (χ1n) is 6.33. The Hall–Kier alpha value is -1.25. The van der Waals surface area contributed by atoms with Gasteiger partial charge >= 0.3 is 0 Å². The highest BCUT2D eigenvalue weighted by atomic mass is 35.5.